The molecule has 5 aliphatic heterocycles. The molecule has 12 aromatic rings. The fraction of sp³-hybridized carbons (Fsp3) is 0.516. The Bertz CT molecular complexity index is 6240. The predicted octanol–water partition coefficient (Wildman–Crippen LogP) is 13.7. The Labute approximate surface area is 787 Å². The number of nitrogens with zero attached hydrogens (tertiary/aromatic N) is 30. The maximum Gasteiger partial charge on any atom is 0.413 e. The molecule has 136 heavy (non-hydrogen) atoms. The fourth-order valence-electron chi connectivity index (χ4n) is 21.1. The summed E-state index contributed by atoms with van der Waals surface area (Å²) in [6, 6.07) is 14.4. The van der Waals surface area contributed by atoms with Crippen molar-refractivity contribution in [1.29, 1.82) is 0 Å². The first kappa shape index (κ1) is 90.9. The van der Waals surface area contributed by atoms with Crippen LogP contribution in [0.4, 0.5) is 75.0 Å². The van der Waals surface area contributed by atoms with E-state index in [9.17, 15) is 14.4 Å². The molecule has 10 aromatic heterocycles. The Morgan fingerprint density at radius 3 is 1.05 bits per heavy atom. The lowest BCUT2D eigenvalue weighted by Crippen LogP contribution is -2.46. The van der Waals surface area contributed by atoms with Crippen LogP contribution in [0.5, 0.6) is 5.75 Å². The minimum absolute atomic E-state index is 0.110. The third kappa shape index (κ3) is 17.7. The van der Waals surface area contributed by atoms with E-state index in [4.69, 9.17) is 30.2 Å². The van der Waals surface area contributed by atoms with Crippen LogP contribution in [0, 0.1) is 0 Å². The number of ether oxygens (including phenoxy) is 3. The SMILES string of the molecule is CC[C@@H]1c2nncn2-c2cnc(N)nc2N1C1CCCC1.CC[C@@H]1c2nncn2-c2cnc(NC(=O)OC)nc2N1C1CCCC1.CC[C@@H]1c2nncn2-c2cnc(NC3CC3)nc2N1C1CCCC1.CC[C@@H]1c2nncn2-c2cnc(Nc3ccc(C(=O)NC)cc3COC)nc2N1C1CCCC1.CC[C@@H]1c2nncn2-c2cnc(Nc3ccc(C(=O)NC)cc3OC)nc2N1C1CCC1. The van der Waals surface area contributed by atoms with E-state index in [1.54, 1.807) is 103 Å². The van der Waals surface area contributed by atoms with Crippen LogP contribution >= 0.6 is 0 Å². The highest BCUT2D eigenvalue weighted by Crippen LogP contribution is 2.50. The minimum atomic E-state index is -0.583. The van der Waals surface area contributed by atoms with E-state index >= 15 is 0 Å². The Morgan fingerprint density at radius 2 is 0.713 bits per heavy atom. The molecule has 0 bridgehead atoms. The number of methoxy groups -OCH3 is 3. The van der Waals surface area contributed by atoms with Gasteiger partial charge < -0.3 is 71.0 Å². The number of carbonyl (C=O) groups excluding carboxylic acids is 3. The van der Waals surface area contributed by atoms with Crippen molar-refractivity contribution in [1.82, 2.24) is 134 Å². The van der Waals surface area contributed by atoms with Gasteiger partial charge in [0.15, 0.2) is 58.2 Å². The van der Waals surface area contributed by atoms with E-state index in [2.05, 4.69) is 186 Å². The van der Waals surface area contributed by atoms with E-state index in [0.717, 1.165) is 174 Å². The molecule has 3 amide bonds. The fourth-order valence-corrected chi connectivity index (χ4v) is 21.1. The van der Waals surface area contributed by atoms with Gasteiger partial charge in [-0.3, -0.25) is 37.7 Å². The highest BCUT2D eigenvalue weighted by Gasteiger charge is 2.46. The zero-order valence-corrected chi connectivity index (χ0v) is 78.6. The number of rotatable bonds is 22. The van der Waals surface area contributed by atoms with Crippen LogP contribution in [-0.2, 0) is 16.1 Å². The van der Waals surface area contributed by atoms with Crippen LogP contribution in [0.15, 0.2) is 99.0 Å². The molecule has 0 radical (unpaired) electrons. The average Bonchev–Trinajstić information content (AvgIpc) is 0.941. The summed E-state index contributed by atoms with van der Waals surface area (Å²) in [6.45, 7) is 11.3. The van der Waals surface area contributed by atoms with Gasteiger partial charge in [0.05, 0.1) is 87.7 Å². The molecule has 43 nitrogen and oxygen atoms in total. The predicted molar refractivity (Wildman–Crippen MR) is 510 cm³/mol. The molecule has 43 heteroatoms. The molecule has 0 spiro atoms. The number of amides is 3. The Morgan fingerprint density at radius 1 is 0.390 bits per heavy atom. The zero-order chi connectivity index (χ0) is 93.8. The van der Waals surface area contributed by atoms with Gasteiger partial charge >= 0.3 is 6.09 Å². The lowest BCUT2D eigenvalue weighted by atomic mass is 9.89. The van der Waals surface area contributed by atoms with Crippen molar-refractivity contribution in [2.75, 3.05) is 86.9 Å². The molecular weight excluding hydrogens is 1730 g/mol. The molecule has 6 aliphatic carbocycles. The molecule has 11 aliphatic rings. The molecule has 712 valence electrons. The van der Waals surface area contributed by atoms with Crippen molar-refractivity contribution in [2.45, 2.75) is 275 Å². The summed E-state index contributed by atoms with van der Waals surface area (Å²) in [5, 5.41) is 60.5. The van der Waals surface area contributed by atoms with Crippen LogP contribution in [0.25, 0.3) is 28.4 Å². The van der Waals surface area contributed by atoms with Gasteiger partial charge in [0.2, 0.25) is 29.7 Å². The van der Waals surface area contributed by atoms with Gasteiger partial charge in [-0.1, -0.05) is 86.0 Å². The van der Waals surface area contributed by atoms with Crippen molar-refractivity contribution in [3.05, 3.63) is 145 Å². The summed E-state index contributed by atoms with van der Waals surface area (Å²) < 4.78 is 25.5. The van der Waals surface area contributed by atoms with Crippen LogP contribution in [-0.4, -0.2) is 213 Å². The number of nitrogens with one attached hydrogen (secondary N) is 6. The second-order valence-corrected chi connectivity index (χ2v) is 36.0. The Balaban J connectivity index is 0.000000110. The molecule has 0 saturated heterocycles. The number of nitrogens with two attached hydrogens (primary N) is 1. The van der Waals surface area contributed by atoms with E-state index in [1.807, 2.05) is 42.8 Å². The van der Waals surface area contributed by atoms with E-state index < -0.39 is 6.09 Å². The van der Waals surface area contributed by atoms with Gasteiger partial charge in [-0.25, -0.2) is 29.7 Å². The molecule has 0 unspecified atom stereocenters. The van der Waals surface area contributed by atoms with Crippen LogP contribution in [0.2, 0.25) is 0 Å². The van der Waals surface area contributed by atoms with Crippen LogP contribution < -0.4 is 66.9 Å². The number of fused-ring (bicyclic) bond motifs is 15. The molecule has 23 rings (SSSR count). The molecular formula is C93H119N37O6. The van der Waals surface area contributed by atoms with E-state index in [0.29, 0.717) is 83.3 Å². The van der Waals surface area contributed by atoms with Gasteiger partial charge in [0.25, 0.3) is 11.8 Å². The third-order valence-corrected chi connectivity index (χ3v) is 28.0. The first-order chi connectivity index (χ1) is 66.6. The Hall–Kier alpha value is -14.3. The number of nitrogen functional groups attached to an aromatic ring is 1. The Kier molecular flexibility index (Phi) is 26.8. The number of benzene rings is 2. The number of anilines is 12. The highest BCUT2D eigenvalue weighted by atomic mass is 16.5. The van der Waals surface area contributed by atoms with Gasteiger partial charge in [0, 0.05) is 79.8 Å². The molecule has 2 aromatic carbocycles. The monoisotopic (exact) mass is 1850 g/mol. The molecule has 15 heterocycles. The van der Waals surface area contributed by atoms with Crippen molar-refractivity contribution in [3.8, 4) is 34.2 Å². The largest absolute Gasteiger partial charge is 0.495 e. The normalized spacial score (nSPS) is 19.4. The third-order valence-electron chi connectivity index (χ3n) is 28.0. The summed E-state index contributed by atoms with van der Waals surface area (Å²) >= 11 is 0. The minimum Gasteiger partial charge on any atom is -0.495 e. The second-order valence-electron chi connectivity index (χ2n) is 36.0. The quantitative estimate of drug-likeness (QED) is 0.0331. The number of carbonyl (C=O) groups is 3. The lowest BCUT2D eigenvalue weighted by molar-refractivity contribution is 0.0954. The summed E-state index contributed by atoms with van der Waals surface area (Å²) in [5.74, 6) is 11.8. The van der Waals surface area contributed by atoms with Crippen molar-refractivity contribution in [3.63, 3.8) is 0 Å². The molecule has 8 N–H and O–H groups in total. The maximum atomic E-state index is 12.1. The highest BCUT2D eigenvalue weighted by molar-refractivity contribution is 5.96. The number of hydrogen-bond acceptors (Lipinski definition) is 35. The molecule has 6 saturated carbocycles. The zero-order valence-electron chi connectivity index (χ0n) is 78.6. The standard InChI is InChI=1S/C24H30N8O2.C22H26N8O2.C17H23N7.C16H21N7O2.C14H19N7/c1-4-19-22-30-27-14-31(22)20-12-26-24(29-21(20)32(19)17-7-5-6-8-17)28-18-10-9-15(23(33)25-2)11-16(18)13-34-3;1-4-16-20-28-25-12-29(20)17-11-24-22(27-19(17)30(16)14-6-5-7-14)26-15-9-8-13(21(31)23-2)10-18(15)32-3;1-2-13-16-22-19-10-23(16)14-9-18-17(20-11-7-8-11)21-15(14)24(13)12-5-3-4-6-12;1-3-11-14-21-18-9-22(14)12-8-17-15(20-16(24)25-2)19-13(12)23(11)10-6-4-5-7-10;1-2-10-13-19-17-8-20(13)11-7-16-14(15)18-12(11)21(10)9-5-3-4-6-9/h9-12,14,17,19H,4-8,13H2,1-3H3,(H,25,33)(H,26,28,29);8-12,14,16H,4-7H2,1-3H3,(H,23,31)(H,24,26,27);9-13H,2-8H2,1H3,(H,18,20,21);8-11H,3-7H2,1-2H3,(H,17,19,20,24);7-10H,2-6H2,1H3,(H2,15,16,18)/t19-;16-;13-;11-;10-/m11111/s1. The number of hydrogen-bond donors (Lipinski definition) is 7. The van der Waals surface area contributed by atoms with Crippen molar-refractivity contribution >= 4 is 88.1 Å². The van der Waals surface area contributed by atoms with Crippen molar-refractivity contribution in [2.24, 2.45) is 0 Å². The topological polar surface area (TPSA) is 476 Å². The lowest BCUT2D eigenvalue weighted by Gasteiger charge is -2.45. The average molecular weight is 1850 g/mol. The van der Waals surface area contributed by atoms with Gasteiger partial charge in [-0.05, 0) is 152 Å². The van der Waals surface area contributed by atoms with Gasteiger partial charge in [0.1, 0.15) is 65.8 Å². The maximum absolute atomic E-state index is 12.1. The van der Waals surface area contributed by atoms with Crippen LogP contribution in [0.1, 0.15) is 287 Å². The van der Waals surface area contributed by atoms with Crippen LogP contribution in [0.3, 0.4) is 0 Å². The summed E-state index contributed by atoms with van der Waals surface area (Å²) in [4.78, 5) is 93.7. The second kappa shape index (κ2) is 40.1. The summed E-state index contributed by atoms with van der Waals surface area (Å²) in [6.07, 6.45) is 47.3. The summed E-state index contributed by atoms with van der Waals surface area (Å²) in [7, 11) is 7.73. The first-order valence-electron chi connectivity index (χ1n) is 48.1. The first-order valence-corrected chi connectivity index (χ1v) is 48.1. The smallest absolute Gasteiger partial charge is 0.413 e. The molecule has 6 fully saturated rings. The van der Waals surface area contributed by atoms with E-state index in [1.165, 1.54) is 103 Å². The molecule has 5 atom stereocenters. The number of aromatic nitrogens is 25. The summed E-state index contributed by atoms with van der Waals surface area (Å²) in [5.41, 5.74) is 13.8. The van der Waals surface area contributed by atoms with Gasteiger partial charge in [-0.15, -0.1) is 51.0 Å². The van der Waals surface area contributed by atoms with Crippen molar-refractivity contribution < 1.29 is 28.6 Å². The van der Waals surface area contributed by atoms with E-state index in [-0.39, 0.29) is 48.0 Å². The van der Waals surface area contributed by atoms with Gasteiger partial charge in [-0.2, -0.15) is 24.9 Å².